The molecule has 0 unspecified atom stereocenters. The zero-order chi connectivity index (χ0) is 27.7. The second-order valence-electron chi connectivity index (χ2n) is 10.3. The molecule has 11 heteroatoms. The van der Waals surface area contributed by atoms with E-state index in [4.69, 9.17) is 10.8 Å². The minimum absolute atomic E-state index is 0.0174. The number of aromatic nitrogens is 5. The van der Waals surface area contributed by atoms with E-state index in [1.165, 1.54) is 9.08 Å². The number of likely N-dealkylation sites (N-methyl/N-ethyl adjacent to an activating group) is 1. The molecule has 39 heavy (non-hydrogen) atoms. The Hall–Kier alpha value is -4.09. The van der Waals surface area contributed by atoms with E-state index in [0.717, 1.165) is 33.8 Å². The maximum absolute atomic E-state index is 13.5. The number of piperidine rings is 1. The molecule has 0 spiro atoms. The van der Waals surface area contributed by atoms with Crippen molar-refractivity contribution in [3.63, 3.8) is 0 Å². The molecule has 3 aromatic heterocycles. The second kappa shape index (κ2) is 11.0. The lowest BCUT2D eigenvalue weighted by molar-refractivity contribution is -0.351. The first-order valence-corrected chi connectivity index (χ1v) is 13.2. The topological polar surface area (TPSA) is 136 Å². The Labute approximate surface area is 226 Å². The highest BCUT2D eigenvalue weighted by Crippen LogP contribution is 2.32. The fourth-order valence-electron chi connectivity index (χ4n) is 5.15. The Morgan fingerprint density at radius 2 is 1.79 bits per heavy atom. The van der Waals surface area contributed by atoms with Gasteiger partial charge >= 0.3 is 11.6 Å². The summed E-state index contributed by atoms with van der Waals surface area (Å²) < 4.78 is 2.80. The third kappa shape index (κ3) is 5.55. The largest absolute Gasteiger partial charge is 0.411 e. The van der Waals surface area contributed by atoms with Crippen LogP contribution in [0.5, 0.6) is 0 Å². The number of H-pyrrole nitrogens is 1. The van der Waals surface area contributed by atoms with Crippen LogP contribution in [0, 0.1) is 13.8 Å². The van der Waals surface area contributed by atoms with Crippen LogP contribution in [-0.2, 0) is 11.3 Å². The molecule has 204 valence electrons. The Morgan fingerprint density at radius 1 is 1.13 bits per heavy atom. The smallest absolute Gasteiger partial charge is 0.393 e. The molecular weight excluding hydrogens is 496 g/mol. The minimum atomic E-state index is -0.355. The number of nitrogens with zero attached hydrogens (tertiary/aromatic N) is 6. The Bertz CT molecular complexity index is 1530. The fourth-order valence-corrected chi connectivity index (χ4v) is 5.15. The van der Waals surface area contributed by atoms with Gasteiger partial charge in [-0.2, -0.15) is 4.68 Å². The zero-order valence-electron chi connectivity index (χ0n) is 22.6. The highest BCUT2D eigenvalue weighted by molar-refractivity contribution is 5.88. The summed E-state index contributed by atoms with van der Waals surface area (Å²) in [5.74, 6) is 0.200. The summed E-state index contributed by atoms with van der Waals surface area (Å²) in [4.78, 5) is 37.6. The zero-order valence-corrected chi connectivity index (χ0v) is 22.6. The lowest BCUT2D eigenvalue weighted by Gasteiger charge is -2.31. The van der Waals surface area contributed by atoms with Crippen molar-refractivity contribution in [1.29, 1.82) is 0 Å². The molecule has 0 atom stereocenters. The number of aromatic amines is 1. The van der Waals surface area contributed by atoms with E-state index >= 15 is 0 Å². The molecule has 4 heterocycles. The van der Waals surface area contributed by atoms with Gasteiger partial charge in [0.15, 0.2) is 0 Å². The van der Waals surface area contributed by atoms with Gasteiger partial charge in [-0.25, -0.2) is 9.78 Å². The summed E-state index contributed by atoms with van der Waals surface area (Å²) in [5.41, 5.74) is 11.5. The standard InChI is InChI=1S/C28H34N8O3/c1-18-15-21(16-19(2)30-18)24-25(20-7-5-4-6-8-20)31-27(29)36-26(24)32-35(28(36)39)14-13-33(3)17-23(38)34-11-9-22(37)10-12-34/h4-8,15-16,22,37H,9-14,17H2,1-3H3,(H2,29,31)/p+1. The molecule has 5 rings (SSSR count). The van der Waals surface area contributed by atoms with E-state index in [0.29, 0.717) is 38.1 Å². The number of fused-ring (bicyclic) bond motifs is 1. The van der Waals surface area contributed by atoms with Crippen molar-refractivity contribution in [3.8, 4) is 22.4 Å². The van der Waals surface area contributed by atoms with Gasteiger partial charge in [-0.15, -0.1) is 9.50 Å². The van der Waals surface area contributed by atoms with Gasteiger partial charge in [-0.1, -0.05) is 30.3 Å². The molecule has 1 amide bonds. The molecule has 4 aromatic rings. The van der Waals surface area contributed by atoms with Gasteiger partial charge in [-0.05, 0) is 51.4 Å². The van der Waals surface area contributed by atoms with E-state index in [1.54, 1.807) is 4.90 Å². The number of benzene rings is 1. The lowest BCUT2D eigenvalue weighted by atomic mass is 9.99. The third-order valence-electron chi connectivity index (χ3n) is 7.16. The number of aryl methyl sites for hydroxylation is 2. The van der Waals surface area contributed by atoms with Crippen molar-refractivity contribution in [2.24, 2.45) is 0 Å². The molecule has 1 aliphatic rings. The molecule has 0 aliphatic carbocycles. The quantitative estimate of drug-likeness (QED) is 0.365. The van der Waals surface area contributed by atoms with Gasteiger partial charge in [0.2, 0.25) is 11.6 Å². The Morgan fingerprint density at radius 3 is 2.46 bits per heavy atom. The number of carbonyl (C=O) groups is 1. The van der Waals surface area contributed by atoms with E-state index in [9.17, 15) is 14.7 Å². The highest BCUT2D eigenvalue weighted by atomic mass is 16.3. The number of hydrogen-bond acceptors (Lipinski definition) is 7. The predicted molar refractivity (Wildman–Crippen MR) is 148 cm³/mol. The summed E-state index contributed by atoms with van der Waals surface area (Å²) in [6.45, 7) is 5.97. The van der Waals surface area contributed by atoms with Gasteiger partial charge in [0.25, 0.3) is 0 Å². The van der Waals surface area contributed by atoms with Crippen LogP contribution in [0.4, 0.5) is 5.95 Å². The molecule has 0 saturated carbocycles. The number of carbonyl (C=O) groups excluding carboxylic acids is 1. The SMILES string of the molecule is Cc1cc(-c2c(-c3ccccc3)[nH+]c(N)n3c(=O)n(CCN(C)CC(=O)N4CCC(O)CC4)nc23)cc(C)n1. The number of rotatable bonds is 7. The van der Waals surface area contributed by atoms with Crippen molar-refractivity contribution >= 4 is 17.5 Å². The fraction of sp³-hybridized carbons (Fsp3) is 0.393. The van der Waals surface area contributed by atoms with Gasteiger partial charge in [0, 0.05) is 36.6 Å². The van der Waals surface area contributed by atoms with Gasteiger partial charge in [-0.3, -0.25) is 20.4 Å². The first kappa shape index (κ1) is 26.5. The number of aliphatic hydroxyl groups excluding tert-OH is 1. The van der Waals surface area contributed by atoms with Gasteiger partial charge < -0.3 is 10.0 Å². The van der Waals surface area contributed by atoms with Crippen LogP contribution in [0.2, 0.25) is 0 Å². The first-order chi connectivity index (χ1) is 18.7. The maximum Gasteiger partial charge on any atom is 0.411 e. The van der Waals surface area contributed by atoms with Gasteiger partial charge in [0.1, 0.15) is 5.69 Å². The van der Waals surface area contributed by atoms with Crippen LogP contribution >= 0.6 is 0 Å². The number of anilines is 1. The van der Waals surface area contributed by atoms with Crippen molar-refractivity contribution < 1.29 is 14.9 Å². The minimum Gasteiger partial charge on any atom is -0.393 e. The van der Waals surface area contributed by atoms with Crippen LogP contribution in [0.25, 0.3) is 28.0 Å². The summed E-state index contributed by atoms with van der Waals surface area (Å²) in [5, 5.41) is 14.4. The van der Waals surface area contributed by atoms with Crippen molar-refractivity contribution in [2.45, 2.75) is 39.3 Å². The average molecular weight is 532 g/mol. The molecule has 1 fully saturated rings. The van der Waals surface area contributed by atoms with Crippen LogP contribution in [0.3, 0.4) is 0 Å². The Kier molecular flexibility index (Phi) is 7.45. The normalized spacial score (nSPS) is 14.4. The van der Waals surface area contributed by atoms with E-state index in [2.05, 4.69) is 9.97 Å². The maximum atomic E-state index is 13.5. The van der Waals surface area contributed by atoms with Crippen LogP contribution in [-0.4, -0.2) is 79.3 Å². The monoisotopic (exact) mass is 531 g/mol. The van der Waals surface area contributed by atoms with Crippen LogP contribution in [0.15, 0.2) is 47.3 Å². The molecule has 1 aliphatic heterocycles. The van der Waals surface area contributed by atoms with Gasteiger partial charge in [0.05, 0.1) is 24.8 Å². The van der Waals surface area contributed by atoms with E-state index < -0.39 is 0 Å². The van der Waals surface area contributed by atoms with Crippen LogP contribution in [0.1, 0.15) is 24.2 Å². The first-order valence-electron chi connectivity index (χ1n) is 13.2. The molecule has 11 nitrogen and oxygen atoms in total. The third-order valence-corrected chi connectivity index (χ3v) is 7.16. The average Bonchev–Trinajstić information content (AvgIpc) is 3.24. The second-order valence-corrected chi connectivity index (χ2v) is 10.3. The van der Waals surface area contributed by atoms with E-state index in [1.807, 2.05) is 68.3 Å². The van der Waals surface area contributed by atoms with E-state index in [-0.39, 0.29) is 36.7 Å². The number of pyridine rings is 1. The number of amides is 1. The number of hydrogen-bond donors (Lipinski definition) is 2. The summed E-state index contributed by atoms with van der Waals surface area (Å²) in [7, 11) is 1.85. The molecule has 0 radical (unpaired) electrons. The molecule has 0 bridgehead atoms. The molecular formula is C28H35N8O3+. The van der Waals surface area contributed by atoms with Crippen molar-refractivity contribution in [3.05, 3.63) is 64.3 Å². The number of nitrogens with two attached hydrogens (primary N) is 1. The number of nitrogens with one attached hydrogen (secondary N) is 1. The summed E-state index contributed by atoms with van der Waals surface area (Å²) in [6, 6.07) is 13.8. The van der Waals surface area contributed by atoms with Crippen molar-refractivity contribution in [2.75, 3.05) is 39.0 Å². The number of aliphatic hydroxyl groups is 1. The Balaban J connectivity index is 1.48. The number of nitrogen functional groups attached to an aromatic ring is 1. The molecule has 1 saturated heterocycles. The predicted octanol–water partition coefficient (Wildman–Crippen LogP) is 1.15. The highest BCUT2D eigenvalue weighted by Gasteiger charge is 2.26. The molecule has 4 N–H and O–H groups in total. The summed E-state index contributed by atoms with van der Waals surface area (Å²) >= 11 is 0. The van der Waals surface area contributed by atoms with Crippen LogP contribution < -0.4 is 16.4 Å². The summed E-state index contributed by atoms with van der Waals surface area (Å²) in [6.07, 6.45) is 0.883. The molecule has 1 aromatic carbocycles. The lowest BCUT2D eigenvalue weighted by Crippen LogP contribution is -2.45. The number of likely N-dealkylation sites (tertiary alicyclic amines) is 1. The van der Waals surface area contributed by atoms with Crippen molar-refractivity contribution in [1.82, 2.24) is 29.0 Å².